The summed E-state index contributed by atoms with van der Waals surface area (Å²) in [6.07, 6.45) is 6.58. The molecule has 0 spiro atoms. The molecule has 0 aliphatic heterocycles. The van der Waals surface area contributed by atoms with Gasteiger partial charge in [0.1, 0.15) is 5.82 Å². The molecule has 3 aromatic carbocycles. The Balaban J connectivity index is 1.40. The second kappa shape index (κ2) is 10.6. The molecule has 0 heterocycles. The summed E-state index contributed by atoms with van der Waals surface area (Å²) >= 11 is 0. The molecule has 0 bridgehead atoms. The molecule has 166 valence electrons. The van der Waals surface area contributed by atoms with Crippen LogP contribution in [0.5, 0.6) is 0 Å². The van der Waals surface area contributed by atoms with Crippen molar-refractivity contribution in [1.82, 2.24) is 0 Å². The zero-order chi connectivity index (χ0) is 23.2. The SMILES string of the molecule is Cc1ccc(C#Cc2ccc(C#Cc3ccc(CC4CCC(C)CC4)cc3)cc2F)cc1C. The van der Waals surface area contributed by atoms with Crippen LogP contribution in [0.3, 0.4) is 0 Å². The summed E-state index contributed by atoms with van der Waals surface area (Å²) in [4.78, 5) is 0. The lowest BCUT2D eigenvalue weighted by Gasteiger charge is -2.26. The van der Waals surface area contributed by atoms with Crippen LogP contribution in [0.25, 0.3) is 0 Å². The third-order valence-corrected chi connectivity index (χ3v) is 6.78. The van der Waals surface area contributed by atoms with Crippen LogP contribution in [-0.2, 0) is 6.42 Å². The maximum absolute atomic E-state index is 14.6. The lowest BCUT2D eigenvalue weighted by atomic mass is 9.80. The third-order valence-electron chi connectivity index (χ3n) is 6.78. The maximum atomic E-state index is 14.6. The number of benzene rings is 3. The summed E-state index contributed by atoms with van der Waals surface area (Å²) in [6, 6.07) is 19.6. The van der Waals surface area contributed by atoms with Crippen molar-refractivity contribution in [3.05, 3.63) is 105 Å². The molecular weight excluding hydrogens is 403 g/mol. The Bertz CT molecular complexity index is 1230. The molecule has 1 aliphatic rings. The lowest BCUT2D eigenvalue weighted by Crippen LogP contribution is -2.14. The predicted octanol–water partition coefficient (Wildman–Crippen LogP) is 7.61. The first-order valence-corrected chi connectivity index (χ1v) is 12.0. The zero-order valence-electron chi connectivity index (χ0n) is 19.8. The van der Waals surface area contributed by atoms with Gasteiger partial charge in [-0.05, 0) is 104 Å². The standard InChI is InChI=1S/C32H31F/c1-23-4-7-28(8-5-23)21-29-13-10-26(11-14-29)12-15-30-17-19-31(32(33)22-30)18-16-27-9-6-24(2)25(3)20-27/h6,9-11,13-14,17,19-20,22-23,28H,4-5,7-8,21H2,1-3H3. The lowest BCUT2D eigenvalue weighted by molar-refractivity contribution is 0.289. The molecule has 1 heteroatoms. The average Bonchev–Trinajstić information content (AvgIpc) is 2.82. The fourth-order valence-corrected chi connectivity index (χ4v) is 4.39. The molecule has 1 saturated carbocycles. The molecule has 33 heavy (non-hydrogen) atoms. The number of rotatable bonds is 2. The molecule has 0 saturated heterocycles. The first kappa shape index (κ1) is 22.9. The van der Waals surface area contributed by atoms with Crippen LogP contribution in [0.15, 0.2) is 60.7 Å². The van der Waals surface area contributed by atoms with Gasteiger partial charge in [0.05, 0.1) is 5.56 Å². The summed E-state index contributed by atoms with van der Waals surface area (Å²) < 4.78 is 14.6. The summed E-state index contributed by atoms with van der Waals surface area (Å²) in [5, 5.41) is 0. The van der Waals surface area contributed by atoms with Crippen molar-refractivity contribution in [3.8, 4) is 23.7 Å². The topological polar surface area (TPSA) is 0 Å². The Labute approximate surface area is 198 Å². The predicted molar refractivity (Wildman–Crippen MR) is 136 cm³/mol. The highest BCUT2D eigenvalue weighted by atomic mass is 19.1. The zero-order valence-corrected chi connectivity index (χ0v) is 19.8. The highest BCUT2D eigenvalue weighted by Crippen LogP contribution is 2.30. The minimum absolute atomic E-state index is 0.338. The van der Waals surface area contributed by atoms with Gasteiger partial charge in [-0.25, -0.2) is 4.39 Å². The van der Waals surface area contributed by atoms with Crippen molar-refractivity contribution < 1.29 is 4.39 Å². The van der Waals surface area contributed by atoms with Crippen molar-refractivity contribution >= 4 is 0 Å². The normalized spacial score (nSPS) is 17.5. The van der Waals surface area contributed by atoms with Crippen molar-refractivity contribution in [1.29, 1.82) is 0 Å². The summed E-state index contributed by atoms with van der Waals surface area (Å²) in [5.74, 6) is 13.6. The van der Waals surface area contributed by atoms with Crippen LogP contribution < -0.4 is 0 Å². The van der Waals surface area contributed by atoms with E-state index in [-0.39, 0.29) is 5.82 Å². The Morgan fingerprint density at radius 3 is 2.00 bits per heavy atom. The largest absolute Gasteiger partial charge is 0.206 e. The first-order chi connectivity index (χ1) is 16.0. The van der Waals surface area contributed by atoms with Crippen molar-refractivity contribution in [2.24, 2.45) is 11.8 Å². The van der Waals surface area contributed by atoms with E-state index in [2.05, 4.69) is 68.7 Å². The minimum Gasteiger partial charge on any atom is -0.206 e. The Hall–Kier alpha value is -3.29. The summed E-state index contributed by atoms with van der Waals surface area (Å²) in [6.45, 7) is 6.49. The van der Waals surface area contributed by atoms with E-state index in [0.29, 0.717) is 11.1 Å². The molecule has 0 nitrogen and oxygen atoms in total. The highest BCUT2D eigenvalue weighted by Gasteiger charge is 2.18. The summed E-state index contributed by atoms with van der Waals surface area (Å²) in [5.41, 5.74) is 6.69. The highest BCUT2D eigenvalue weighted by molar-refractivity contribution is 5.49. The van der Waals surface area contributed by atoms with Gasteiger partial charge < -0.3 is 0 Å². The van der Waals surface area contributed by atoms with E-state index in [1.807, 2.05) is 24.3 Å². The quantitative estimate of drug-likeness (QED) is 0.364. The van der Waals surface area contributed by atoms with Crippen molar-refractivity contribution in [2.45, 2.75) is 52.9 Å². The molecule has 0 unspecified atom stereocenters. The molecule has 1 aliphatic carbocycles. The van der Waals surface area contributed by atoms with Crippen LogP contribution in [0.1, 0.15) is 71.6 Å². The fourth-order valence-electron chi connectivity index (χ4n) is 4.39. The smallest absolute Gasteiger partial charge is 0.140 e. The van der Waals surface area contributed by atoms with E-state index in [9.17, 15) is 4.39 Å². The van der Waals surface area contributed by atoms with Gasteiger partial charge >= 0.3 is 0 Å². The van der Waals surface area contributed by atoms with Gasteiger partial charge in [0, 0.05) is 16.7 Å². The number of halogens is 1. The van der Waals surface area contributed by atoms with Gasteiger partial charge in [0.2, 0.25) is 0 Å². The fraction of sp³-hybridized carbons (Fsp3) is 0.312. The molecule has 0 atom stereocenters. The molecular formula is C32H31F. The number of hydrogen-bond donors (Lipinski definition) is 0. The second-order valence-electron chi connectivity index (χ2n) is 9.52. The van der Waals surface area contributed by atoms with Crippen molar-refractivity contribution in [2.75, 3.05) is 0 Å². The second-order valence-corrected chi connectivity index (χ2v) is 9.52. The monoisotopic (exact) mass is 434 g/mol. The number of hydrogen-bond acceptors (Lipinski definition) is 0. The van der Waals surface area contributed by atoms with E-state index >= 15 is 0 Å². The summed E-state index contributed by atoms with van der Waals surface area (Å²) in [7, 11) is 0. The average molecular weight is 435 g/mol. The molecule has 0 aromatic heterocycles. The Morgan fingerprint density at radius 2 is 1.30 bits per heavy atom. The van der Waals surface area contributed by atoms with Crippen LogP contribution >= 0.6 is 0 Å². The van der Waals surface area contributed by atoms with Crippen LogP contribution in [-0.4, -0.2) is 0 Å². The number of aryl methyl sites for hydroxylation is 2. The molecule has 0 radical (unpaired) electrons. The van der Waals surface area contributed by atoms with E-state index < -0.39 is 0 Å². The van der Waals surface area contributed by atoms with Gasteiger partial charge in [-0.15, -0.1) is 0 Å². The van der Waals surface area contributed by atoms with Gasteiger partial charge in [-0.2, -0.15) is 0 Å². The Kier molecular flexibility index (Phi) is 7.32. The van der Waals surface area contributed by atoms with Gasteiger partial charge in [0.25, 0.3) is 0 Å². The molecule has 0 amide bonds. The van der Waals surface area contributed by atoms with E-state index in [1.54, 1.807) is 6.07 Å². The molecule has 3 aromatic rings. The van der Waals surface area contributed by atoms with Crippen LogP contribution in [0.2, 0.25) is 0 Å². The third kappa shape index (κ3) is 6.37. The van der Waals surface area contributed by atoms with Gasteiger partial charge in [-0.3, -0.25) is 0 Å². The minimum atomic E-state index is -0.338. The van der Waals surface area contributed by atoms with E-state index in [1.165, 1.54) is 48.4 Å². The Morgan fingerprint density at radius 1 is 0.697 bits per heavy atom. The van der Waals surface area contributed by atoms with Crippen molar-refractivity contribution in [3.63, 3.8) is 0 Å². The van der Waals surface area contributed by atoms with E-state index in [4.69, 9.17) is 0 Å². The van der Waals surface area contributed by atoms with Gasteiger partial charge in [0.15, 0.2) is 0 Å². The van der Waals surface area contributed by atoms with Gasteiger partial charge in [-0.1, -0.05) is 61.6 Å². The molecule has 0 N–H and O–H groups in total. The van der Waals surface area contributed by atoms with E-state index in [0.717, 1.165) is 29.4 Å². The first-order valence-electron chi connectivity index (χ1n) is 12.0. The maximum Gasteiger partial charge on any atom is 0.140 e. The molecule has 1 fully saturated rings. The van der Waals surface area contributed by atoms with Crippen LogP contribution in [0.4, 0.5) is 4.39 Å². The molecule has 4 rings (SSSR count). The van der Waals surface area contributed by atoms with Crippen LogP contribution in [0, 0.1) is 55.2 Å².